The van der Waals surface area contributed by atoms with E-state index in [1.807, 2.05) is 6.20 Å². The van der Waals surface area contributed by atoms with Gasteiger partial charge in [-0.05, 0) is 23.8 Å². The molecule has 1 atom stereocenters. The highest BCUT2D eigenvalue weighted by atomic mass is 15.3. The monoisotopic (exact) mass is 194 g/mol. The molecule has 1 aromatic rings. The Kier molecular flexibility index (Phi) is 3.03. The molecule has 0 spiro atoms. The first-order valence-corrected chi connectivity index (χ1v) is 5.37. The van der Waals surface area contributed by atoms with Gasteiger partial charge in [0.15, 0.2) is 0 Å². The van der Waals surface area contributed by atoms with Gasteiger partial charge in [0.05, 0.1) is 12.2 Å². The molecule has 0 aliphatic heterocycles. The molecule has 2 nitrogen and oxygen atoms in total. The van der Waals surface area contributed by atoms with E-state index in [1.54, 1.807) is 0 Å². The first kappa shape index (κ1) is 11.3. The minimum Gasteiger partial charge on any atom is -0.269 e. The molecule has 0 unspecified atom stereocenters. The second-order valence-electron chi connectivity index (χ2n) is 5.44. The van der Waals surface area contributed by atoms with Crippen molar-refractivity contribution in [3.8, 4) is 0 Å². The second-order valence-corrected chi connectivity index (χ2v) is 5.44. The zero-order valence-corrected chi connectivity index (χ0v) is 10.2. The molecule has 0 radical (unpaired) electrons. The molecule has 14 heavy (non-hydrogen) atoms. The Balaban J connectivity index is 2.89. The van der Waals surface area contributed by atoms with Gasteiger partial charge in [-0.25, -0.2) is 0 Å². The number of aromatic nitrogens is 2. The summed E-state index contributed by atoms with van der Waals surface area (Å²) in [7, 11) is 0. The lowest BCUT2D eigenvalue weighted by molar-refractivity contribution is 0.374. The van der Waals surface area contributed by atoms with Crippen LogP contribution < -0.4 is 0 Å². The first-order chi connectivity index (χ1) is 6.32. The average Bonchev–Trinajstić information content (AvgIpc) is 2.49. The Hall–Kier alpha value is -0.790. The molecule has 0 N–H and O–H groups in total. The van der Waals surface area contributed by atoms with Crippen LogP contribution in [0.15, 0.2) is 12.4 Å². The molecule has 2 heteroatoms. The van der Waals surface area contributed by atoms with Crippen molar-refractivity contribution >= 4 is 0 Å². The van der Waals surface area contributed by atoms with E-state index in [1.165, 1.54) is 5.56 Å². The molecule has 0 fully saturated rings. The summed E-state index contributed by atoms with van der Waals surface area (Å²) in [5, 5.41) is 4.42. The normalized spacial score (nSPS) is 14.8. The van der Waals surface area contributed by atoms with Crippen molar-refractivity contribution < 1.29 is 0 Å². The highest BCUT2D eigenvalue weighted by molar-refractivity contribution is 5.15. The Bertz CT molecular complexity index is 292. The van der Waals surface area contributed by atoms with Crippen LogP contribution in [0.3, 0.4) is 0 Å². The van der Waals surface area contributed by atoms with E-state index in [2.05, 4.69) is 57.5 Å². The molecule has 0 aromatic carbocycles. The van der Waals surface area contributed by atoms with Crippen LogP contribution in [0.4, 0.5) is 0 Å². The number of hydrogen-bond acceptors (Lipinski definition) is 1. The summed E-state index contributed by atoms with van der Waals surface area (Å²) in [4.78, 5) is 0. The van der Waals surface area contributed by atoms with Gasteiger partial charge in [-0.3, -0.25) is 4.68 Å². The topological polar surface area (TPSA) is 17.8 Å². The number of rotatable bonds is 2. The number of hydrogen-bond donors (Lipinski definition) is 0. The molecule has 1 aromatic heterocycles. The lowest BCUT2D eigenvalue weighted by Gasteiger charge is -2.17. The average molecular weight is 194 g/mol. The Morgan fingerprint density at radius 3 is 2.14 bits per heavy atom. The molecular formula is C12H22N2. The summed E-state index contributed by atoms with van der Waals surface area (Å²) < 4.78 is 2.07. The third-order valence-corrected chi connectivity index (χ3v) is 2.85. The quantitative estimate of drug-likeness (QED) is 0.705. The lowest BCUT2D eigenvalue weighted by Crippen LogP contribution is -2.13. The van der Waals surface area contributed by atoms with Gasteiger partial charge in [0, 0.05) is 6.20 Å². The molecule has 0 saturated heterocycles. The molecule has 80 valence electrons. The molecule has 0 amide bonds. The summed E-state index contributed by atoms with van der Waals surface area (Å²) in [6.45, 7) is 13.3. The maximum absolute atomic E-state index is 4.42. The molecule has 1 heterocycles. The predicted octanol–water partition coefficient (Wildman–Crippen LogP) is 3.40. The van der Waals surface area contributed by atoms with Gasteiger partial charge in [0.1, 0.15) is 0 Å². The fraction of sp³-hybridized carbons (Fsp3) is 0.750. The smallest absolute Gasteiger partial charge is 0.0527 e. The van der Waals surface area contributed by atoms with Crippen molar-refractivity contribution in [1.29, 1.82) is 0 Å². The Labute approximate surface area is 87.3 Å². The van der Waals surface area contributed by atoms with E-state index >= 15 is 0 Å². The molecule has 0 bridgehead atoms. The van der Waals surface area contributed by atoms with Crippen LogP contribution in [0.5, 0.6) is 0 Å². The SMILES string of the molecule is CC(C)[C@@H](C)n1cc(C(C)(C)C)cn1. The Morgan fingerprint density at radius 1 is 1.21 bits per heavy atom. The molecule has 0 aliphatic rings. The van der Waals surface area contributed by atoms with Crippen molar-refractivity contribution in [2.75, 3.05) is 0 Å². The van der Waals surface area contributed by atoms with E-state index in [0.717, 1.165) is 0 Å². The van der Waals surface area contributed by atoms with Crippen LogP contribution >= 0.6 is 0 Å². The van der Waals surface area contributed by atoms with Crippen molar-refractivity contribution in [1.82, 2.24) is 9.78 Å². The van der Waals surface area contributed by atoms with Gasteiger partial charge in [-0.1, -0.05) is 34.6 Å². The summed E-state index contributed by atoms with van der Waals surface area (Å²) >= 11 is 0. The third-order valence-electron chi connectivity index (χ3n) is 2.85. The summed E-state index contributed by atoms with van der Waals surface area (Å²) in [5.74, 6) is 0.628. The van der Waals surface area contributed by atoms with E-state index in [0.29, 0.717) is 12.0 Å². The zero-order valence-electron chi connectivity index (χ0n) is 10.2. The summed E-state index contributed by atoms with van der Waals surface area (Å²) in [6, 6.07) is 0.478. The maximum atomic E-state index is 4.42. The van der Waals surface area contributed by atoms with E-state index in [9.17, 15) is 0 Å². The Morgan fingerprint density at radius 2 is 1.79 bits per heavy atom. The minimum absolute atomic E-state index is 0.203. The highest BCUT2D eigenvalue weighted by Crippen LogP contribution is 2.23. The van der Waals surface area contributed by atoms with E-state index < -0.39 is 0 Å². The van der Waals surface area contributed by atoms with Crippen LogP contribution in [0.1, 0.15) is 53.1 Å². The largest absolute Gasteiger partial charge is 0.269 e. The van der Waals surface area contributed by atoms with Crippen molar-refractivity contribution in [3.63, 3.8) is 0 Å². The summed E-state index contributed by atoms with van der Waals surface area (Å²) in [5.41, 5.74) is 1.51. The fourth-order valence-corrected chi connectivity index (χ4v) is 1.25. The third kappa shape index (κ3) is 2.37. The van der Waals surface area contributed by atoms with Crippen LogP contribution in [0.2, 0.25) is 0 Å². The predicted molar refractivity (Wildman–Crippen MR) is 60.5 cm³/mol. The van der Waals surface area contributed by atoms with Crippen LogP contribution in [-0.2, 0) is 5.41 Å². The van der Waals surface area contributed by atoms with Gasteiger partial charge in [0.2, 0.25) is 0 Å². The van der Waals surface area contributed by atoms with Crippen LogP contribution in [-0.4, -0.2) is 9.78 Å². The van der Waals surface area contributed by atoms with Crippen LogP contribution in [0.25, 0.3) is 0 Å². The molecule has 0 aliphatic carbocycles. The molecular weight excluding hydrogens is 172 g/mol. The molecule has 0 saturated carbocycles. The standard InChI is InChI=1S/C12H22N2/c1-9(2)10(3)14-8-11(7-13-14)12(4,5)6/h7-10H,1-6H3/t10-/m1/s1. The van der Waals surface area contributed by atoms with Crippen molar-refractivity contribution in [2.45, 2.75) is 53.0 Å². The zero-order chi connectivity index (χ0) is 10.9. The number of nitrogens with zero attached hydrogens (tertiary/aromatic N) is 2. The fourth-order valence-electron chi connectivity index (χ4n) is 1.25. The second kappa shape index (κ2) is 3.76. The van der Waals surface area contributed by atoms with Crippen molar-refractivity contribution in [2.24, 2.45) is 5.92 Å². The first-order valence-electron chi connectivity index (χ1n) is 5.37. The van der Waals surface area contributed by atoms with Gasteiger partial charge in [0.25, 0.3) is 0 Å². The van der Waals surface area contributed by atoms with Crippen molar-refractivity contribution in [3.05, 3.63) is 18.0 Å². The maximum Gasteiger partial charge on any atom is 0.0527 e. The molecule has 1 rings (SSSR count). The highest BCUT2D eigenvalue weighted by Gasteiger charge is 2.18. The van der Waals surface area contributed by atoms with Crippen LogP contribution in [0, 0.1) is 5.92 Å². The minimum atomic E-state index is 0.203. The lowest BCUT2D eigenvalue weighted by atomic mass is 9.90. The van der Waals surface area contributed by atoms with E-state index in [4.69, 9.17) is 0 Å². The van der Waals surface area contributed by atoms with E-state index in [-0.39, 0.29) is 5.41 Å². The summed E-state index contributed by atoms with van der Waals surface area (Å²) in [6.07, 6.45) is 4.16. The van der Waals surface area contributed by atoms with Gasteiger partial charge >= 0.3 is 0 Å². The van der Waals surface area contributed by atoms with Gasteiger partial charge in [-0.15, -0.1) is 0 Å². The van der Waals surface area contributed by atoms with Gasteiger partial charge in [-0.2, -0.15) is 5.10 Å². The van der Waals surface area contributed by atoms with Gasteiger partial charge < -0.3 is 0 Å².